The number of carbonyl (C=O) groups is 2. The van der Waals surface area contributed by atoms with Gasteiger partial charge in [-0.05, 0) is 58.6 Å². The lowest BCUT2D eigenvalue weighted by molar-refractivity contribution is -0.153. The summed E-state index contributed by atoms with van der Waals surface area (Å²) in [5.41, 5.74) is 3.44. The maximum atomic E-state index is 12.9. The van der Waals surface area contributed by atoms with E-state index in [2.05, 4.69) is 6.07 Å². The first-order valence-electron chi connectivity index (χ1n) is 9.22. The van der Waals surface area contributed by atoms with Gasteiger partial charge in [0, 0.05) is 17.1 Å². The summed E-state index contributed by atoms with van der Waals surface area (Å²) in [4.78, 5) is 24.6. The number of hydrogen-bond acceptors (Lipinski definition) is 5. The Morgan fingerprint density at radius 2 is 1.93 bits per heavy atom. The zero-order valence-corrected chi connectivity index (χ0v) is 16.5. The van der Waals surface area contributed by atoms with Crippen LogP contribution in [-0.4, -0.2) is 23.8 Å². The minimum Gasteiger partial charge on any atom is -0.458 e. The van der Waals surface area contributed by atoms with Crippen LogP contribution in [0.2, 0.25) is 0 Å². The number of esters is 2. The van der Waals surface area contributed by atoms with Crippen molar-refractivity contribution in [2.45, 2.75) is 65.3 Å². The summed E-state index contributed by atoms with van der Waals surface area (Å²) in [6.07, 6.45) is 2.33. The topological polar surface area (TPSA) is 61.8 Å². The van der Waals surface area contributed by atoms with Gasteiger partial charge < -0.3 is 14.2 Å². The first-order chi connectivity index (χ1) is 12.7. The second-order valence-electron chi connectivity index (χ2n) is 8.05. The molecule has 0 radical (unpaired) electrons. The molecule has 1 aromatic carbocycles. The van der Waals surface area contributed by atoms with Crippen molar-refractivity contribution in [2.24, 2.45) is 0 Å². The Morgan fingerprint density at radius 1 is 1.22 bits per heavy atom. The van der Waals surface area contributed by atoms with E-state index in [1.807, 2.05) is 39.0 Å². The van der Waals surface area contributed by atoms with Gasteiger partial charge in [0.2, 0.25) is 0 Å². The van der Waals surface area contributed by atoms with Crippen LogP contribution in [0.25, 0.3) is 0 Å². The first kappa shape index (κ1) is 19.2. The monoisotopic (exact) mass is 370 g/mol. The molecule has 0 saturated heterocycles. The molecule has 0 aromatic heterocycles. The molecule has 2 atom stereocenters. The third-order valence-corrected chi connectivity index (χ3v) is 4.93. The molecule has 2 unspecified atom stereocenters. The average Bonchev–Trinajstić information content (AvgIpc) is 3.11. The van der Waals surface area contributed by atoms with Crippen LogP contribution >= 0.6 is 0 Å². The Hall–Kier alpha value is -2.56. The fourth-order valence-corrected chi connectivity index (χ4v) is 3.37. The molecule has 27 heavy (non-hydrogen) atoms. The SMILES string of the molecule is CC1=C(C)C(O/C=C(/C(=O)OC(C)(C)C)C2CCc3ccccc32)OC1=O. The Kier molecular flexibility index (Phi) is 5.13. The number of ether oxygens (including phenoxy) is 3. The van der Waals surface area contributed by atoms with Gasteiger partial charge in [0.05, 0.1) is 11.8 Å². The van der Waals surface area contributed by atoms with E-state index in [0.717, 1.165) is 18.4 Å². The molecule has 5 heteroatoms. The fourth-order valence-electron chi connectivity index (χ4n) is 3.37. The van der Waals surface area contributed by atoms with Gasteiger partial charge in [-0.2, -0.15) is 0 Å². The summed E-state index contributed by atoms with van der Waals surface area (Å²) in [5, 5.41) is 0. The first-order valence-corrected chi connectivity index (χ1v) is 9.22. The van der Waals surface area contributed by atoms with Crippen molar-refractivity contribution in [3.05, 3.63) is 58.4 Å². The quantitative estimate of drug-likeness (QED) is 0.452. The second kappa shape index (κ2) is 7.22. The summed E-state index contributed by atoms with van der Waals surface area (Å²) in [6, 6.07) is 8.09. The number of cyclic esters (lactones) is 1. The number of fused-ring (bicyclic) bond motifs is 1. The zero-order chi connectivity index (χ0) is 19.8. The van der Waals surface area contributed by atoms with Crippen LogP contribution in [0.3, 0.4) is 0 Å². The van der Waals surface area contributed by atoms with Gasteiger partial charge in [-0.3, -0.25) is 0 Å². The highest BCUT2D eigenvalue weighted by atomic mass is 16.7. The summed E-state index contributed by atoms with van der Waals surface area (Å²) >= 11 is 0. The molecule has 0 bridgehead atoms. The molecular weight excluding hydrogens is 344 g/mol. The molecule has 0 N–H and O–H groups in total. The highest BCUT2D eigenvalue weighted by molar-refractivity contribution is 5.92. The van der Waals surface area contributed by atoms with Crippen molar-refractivity contribution in [3.8, 4) is 0 Å². The van der Waals surface area contributed by atoms with Crippen molar-refractivity contribution in [2.75, 3.05) is 0 Å². The lowest BCUT2D eigenvalue weighted by atomic mass is 9.93. The van der Waals surface area contributed by atoms with Crippen molar-refractivity contribution in [1.82, 2.24) is 0 Å². The molecule has 144 valence electrons. The molecular formula is C22H26O5. The molecule has 1 heterocycles. The van der Waals surface area contributed by atoms with Gasteiger partial charge in [0.1, 0.15) is 5.60 Å². The number of carbonyl (C=O) groups excluding carboxylic acids is 2. The number of hydrogen-bond donors (Lipinski definition) is 0. The minimum atomic E-state index is -0.799. The summed E-state index contributed by atoms with van der Waals surface area (Å²) < 4.78 is 16.5. The molecule has 1 aliphatic carbocycles. The second-order valence-corrected chi connectivity index (χ2v) is 8.05. The normalized spacial score (nSPS) is 22.6. The van der Waals surface area contributed by atoms with E-state index in [0.29, 0.717) is 16.7 Å². The van der Waals surface area contributed by atoms with Crippen LogP contribution in [0.4, 0.5) is 0 Å². The third-order valence-electron chi connectivity index (χ3n) is 4.93. The van der Waals surface area contributed by atoms with Crippen LogP contribution < -0.4 is 0 Å². The van der Waals surface area contributed by atoms with Gasteiger partial charge >= 0.3 is 11.9 Å². The van der Waals surface area contributed by atoms with Gasteiger partial charge in [0.15, 0.2) is 0 Å². The standard InChI is InChI=1S/C22H26O5/c1-13-14(2)21(26-19(13)23)25-12-18(20(24)27-22(3,4)5)17-11-10-15-8-6-7-9-16(15)17/h6-9,12,17,21H,10-11H2,1-5H3/b18-12+. The number of rotatable bonds is 4. The van der Waals surface area contributed by atoms with Crippen molar-refractivity contribution in [3.63, 3.8) is 0 Å². The maximum Gasteiger partial charge on any atom is 0.338 e. The number of aryl methyl sites for hydroxylation is 1. The van der Waals surface area contributed by atoms with Gasteiger partial charge in [-0.25, -0.2) is 9.59 Å². The molecule has 2 aliphatic rings. The van der Waals surface area contributed by atoms with E-state index in [1.165, 1.54) is 11.8 Å². The summed E-state index contributed by atoms with van der Waals surface area (Å²) in [7, 11) is 0. The lowest BCUT2D eigenvalue weighted by Crippen LogP contribution is -2.27. The predicted molar refractivity (Wildman–Crippen MR) is 101 cm³/mol. The maximum absolute atomic E-state index is 12.9. The van der Waals surface area contributed by atoms with Gasteiger partial charge in [-0.15, -0.1) is 0 Å². The van der Waals surface area contributed by atoms with Crippen molar-refractivity contribution < 1.29 is 23.8 Å². The highest BCUT2D eigenvalue weighted by Gasteiger charge is 2.34. The van der Waals surface area contributed by atoms with Crippen LogP contribution in [0.5, 0.6) is 0 Å². The van der Waals surface area contributed by atoms with Crippen LogP contribution in [0, 0.1) is 0 Å². The molecule has 0 saturated carbocycles. The predicted octanol–water partition coefficient (Wildman–Crippen LogP) is 4.18. The Morgan fingerprint density at radius 3 is 2.56 bits per heavy atom. The molecule has 0 spiro atoms. The van der Waals surface area contributed by atoms with E-state index < -0.39 is 23.8 Å². The van der Waals surface area contributed by atoms with E-state index in [4.69, 9.17) is 14.2 Å². The molecule has 3 rings (SSSR count). The van der Waals surface area contributed by atoms with E-state index in [9.17, 15) is 9.59 Å². The molecule has 0 fully saturated rings. The largest absolute Gasteiger partial charge is 0.458 e. The fraction of sp³-hybridized carbons (Fsp3) is 0.455. The van der Waals surface area contributed by atoms with Crippen molar-refractivity contribution >= 4 is 11.9 Å². The minimum absolute atomic E-state index is 0.0986. The molecule has 0 amide bonds. The average molecular weight is 370 g/mol. The van der Waals surface area contributed by atoms with E-state index in [1.54, 1.807) is 13.8 Å². The van der Waals surface area contributed by atoms with Crippen molar-refractivity contribution in [1.29, 1.82) is 0 Å². The van der Waals surface area contributed by atoms with Crippen LogP contribution in [0.15, 0.2) is 47.2 Å². The zero-order valence-electron chi connectivity index (χ0n) is 16.5. The highest BCUT2D eigenvalue weighted by Crippen LogP contribution is 2.39. The Labute approximate surface area is 160 Å². The van der Waals surface area contributed by atoms with Crippen LogP contribution in [-0.2, 0) is 30.2 Å². The molecule has 5 nitrogen and oxygen atoms in total. The van der Waals surface area contributed by atoms with E-state index in [-0.39, 0.29) is 5.92 Å². The van der Waals surface area contributed by atoms with E-state index >= 15 is 0 Å². The summed E-state index contributed by atoms with van der Waals surface area (Å²) in [5.74, 6) is -0.902. The smallest absolute Gasteiger partial charge is 0.338 e. The van der Waals surface area contributed by atoms with Gasteiger partial charge in [-0.1, -0.05) is 24.3 Å². The number of benzene rings is 1. The lowest BCUT2D eigenvalue weighted by Gasteiger charge is -2.23. The van der Waals surface area contributed by atoms with Crippen LogP contribution in [0.1, 0.15) is 58.1 Å². The molecule has 1 aromatic rings. The Balaban J connectivity index is 1.89. The Bertz CT molecular complexity index is 825. The summed E-state index contributed by atoms with van der Waals surface area (Å²) in [6.45, 7) is 8.99. The van der Waals surface area contributed by atoms with Gasteiger partial charge in [0.25, 0.3) is 6.29 Å². The molecule has 1 aliphatic heterocycles. The third kappa shape index (κ3) is 4.07.